The average molecular weight is 510 g/mol. The molecule has 4 heterocycles. The van der Waals surface area contributed by atoms with Gasteiger partial charge in [0.2, 0.25) is 5.69 Å². The van der Waals surface area contributed by atoms with Crippen LogP contribution in [0.2, 0.25) is 0 Å². The molecule has 0 saturated carbocycles. The van der Waals surface area contributed by atoms with E-state index in [1.807, 2.05) is 36.9 Å². The molecule has 0 spiro atoms. The van der Waals surface area contributed by atoms with Gasteiger partial charge in [0.15, 0.2) is 12.7 Å². The van der Waals surface area contributed by atoms with Gasteiger partial charge in [0.25, 0.3) is 0 Å². The highest BCUT2D eigenvalue weighted by molar-refractivity contribution is 5.97. The normalized spacial score (nSPS) is 16.8. The van der Waals surface area contributed by atoms with Crippen molar-refractivity contribution in [1.82, 2.24) is 9.97 Å². The summed E-state index contributed by atoms with van der Waals surface area (Å²) in [4.78, 5) is 11.3. The van der Waals surface area contributed by atoms with Gasteiger partial charge in [-0.15, -0.1) is 0 Å². The molecule has 5 aromatic rings. The Labute approximate surface area is 226 Å². The lowest BCUT2D eigenvalue weighted by molar-refractivity contribution is -0.690. The number of aromatic nitrogens is 3. The number of halogens is 1. The van der Waals surface area contributed by atoms with Crippen molar-refractivity contribution >= 4 is 22.6 Å². The summed E-state index contributed by atoms with van der Waals surface area (Å²) in [5.74, 6) is -0.0535. The minimum Gasteiger partial charge on any atom is -0.310 e. The summed E-state index contributed by atoms with van der Waals surface area (Å²) in [6, 6.07) is 22.2. The lowest BCUT2D eigenvalue weighted by Gasteiger charge is -2.36. The SMILES string of the molecule is Fc1ccc(N2c3cccc4c3C(=CC3C[n+]5ccncc5-c5cccc2c53)CCCc2ccncc2-4)cc1. The molecule has 0 amide bonds. The van der Waals surface area contributed by atoms with Gasteiger partial charge in [0, 0.05) is 34.8 Å². The molecule has 1 atom stereocenters. The number of anilines is 3. The van der Waals surface area contributed by atoms with Crippen LogP contribution in [0, 0.1) is 5.82 Å². The highest BCUT2D eigenvalue weighted by atomic mass is 19.1. The molecule has 2 aliphatic heterocycles. The quantitative estimate of drug-likeness (QED) is 0.219. The summed E-state index contributed by atoms with van der Waals surface area (Å²) in [7, 11) is 0. The molecule has 2 aromatic heterocycles. The Morgan fingerprint density at radius 3 is 2.51 bits per heavy atom. The minimum atomic E-state index is -0.237. The number of rotatable bonds is 1. The zero-order valence-electron chi connectivity index (χ0n) is 21.4. The maximum absolute atomic E-state index is 14.2. The molecule has 39 heavy (non-hydrogen) atoms. The van der Waals surface area contributed by atoms with Gasteiger partial charge in [0.1, 0.15) is 5.82 Å². The van der Waals surface area contributed by atoms with Gasteiger partial charge in [-0.1, -0.05) is 24.3 Å². The third-order valence-corrected chi connectivity index (χ3v) is 8.39. The van der Waals surface area contributed by atoms with Crippen molar-refractivity contribution in [3.63, 3.8) is 0 Å². The fraction of sp³-hybridized carbons (Fsp3) is 0.147. The third-order valence-electron chi connectivity index (χ3n) is 8.39. The first kappa shape index (κ1) is 22.4. The van der Waals surface area contributed by atoms with Crippen LogP contribution < -0.4 is 9.47 Å². The van der Waals surface area contributed by atoms with E-state index in [-0.39, 0.29) is 11.7 Å². The predicted molar refractivity (Wildman–Crippen MR) is 151 cm³/mol. The van der Waals surface area contributed by atoms with E-state index < -0.39 is 0 Å². The summed E-state index contributed by atoms with van der Waals surface area (Å²) in [6.45, 7) is 0.846. The second-order valence-corrected chi connectivity index (χ2v) is 10.5. The van der Waals surface area contributed by atoms with E-state index in [0.29, 0.717) is 0 Å². The zero-order valence-corrected chi connectivity index (χ0v) is 21.4. The Kier molecular flexibility index (Phi) is 4.99. The fourth-order valence-electron chi connectivity index (χ4n) is 6.74. The number of benzene rings is 3. The number of hydrogen-bond acceptors (Lipinski definition) is 3. The zero-order chi connectivity index (χ0) is 25.9. The topological polar surface area (TPSA) is 32.9 Å². The Balaban J connectivity index is 1.50. The fourth-order valence-corrected chi connectivity index (χ4v) is 6.74. The highest BCUT2D eigenvalue weighted by Gasteiger charge is 2.36. The molecule has 0 N–H and O–H groups in total. The highest BCUT2D eigenvalue weighted by Crippen LogP contribution is 2.52. The molecule has 188 valence electrons. The van der Waals surface area contributed by atoms with E-state index in [4.69, 9.17) is 0 Å². The number of allylic oxidation sites excluding steroid dienone is 2. The van der Waals surface area contributed by atoms with Crippen molar-refractivity contribution in [3.8, 4) is 22.4 Å². The Morgan fingerprint density at radius 2 is 1.62 bits per heavy atom. The molecule has 0 fully saturated rings. The van der Waals surface area contributed by atoms with Crippen LogP contribution in [0.15, 0.2) is 104 Å². The maximum Gasteiger partial charge on any atom is 0.231 e. The van der Waals surface area contributed by atoms with Crippen LogP contribution in [0.5, 0.6) is 0 Å². The number of aryl methyl sites for hydroxylation is 1. The summed E-state index contributed by atoms with van der Waals surface area (Å²) in [5.41, 5.74) is 13.1. The van der Waals surface area contributed by atoms with Gasteiger partial charge in [-0.3, -0.25) is 9.97 Å². The molecule has 1 unspecified atom stereocenters. The van der Waals surface area contributed by atoms with Crippen LogP contribution in [-0.4, -0.2) is 9.97 Å². The second kappa shape index (κ2) is 8.70. The van der Waals surface area contributed by atoms with Gasteiger partial charge < -0.3 is 4.90 Å². The molecular weight excluding hydrogens is 483 g/mol. The number of fused-ring (bicyclic) bond motifs is 4. The first-order valence-electron chi connectivity index (χ1n) is 13.6. The van der Waals surface area contributed by atoms with Crippen molar-refractivity contribution in [2.24, 2.45) is 0 Å². The summed E-state index contributed by atoms with van der Waals surface area (Å²) in [5, 5.41) is 0. The number of nitrogens with zero attached hydrogens (tertiary/aromatic N) is 4. The molecule has 3 aromatic carbocycles. The van der Waals surface area contributed by atoms with E-state index in [9.17, 15) is 4.39 Å². The molecule has 8 rings (SSSR count). The van der Waals surface area contributed by atoms with Crippen molar-refractivity contribution in [2.45, 2.75) is 31.7 Å². The first-order chi connectivity index (χ1) is 19.3. The maximum atomic E-state index is 14.2. The lowest BCUT2D eigenvalue weighted by atomic mass is 9.79. The molecule has 0 radical (unpaired) electrons. The molecule has 4 nitrogen and oxygen atoms in total. The van der Waals surface area contributed by atoms with Crippen LogP contribution in [0.3, 0.4) is 0 Å². The molecular formula is C34H26FN4+. The van der Waals surface area contributed by atoms with Crippen LogP contribution in [-0.2, 0) is 13.0 Å². The number of pyridine rings is 1. The molecule has 5 heteroatoms. The average Bonchev–Trinajstić information content (AvgIpc) is 2.96. The largest absolute Gasteiger partial charge is 0.310 e. The Hall–Kier alpha value is -4.64. The Morgan fingerprint density at radius 1 is 0.795 bits per heavy atom. The van der Waals surface area contributed by atoms with Gasteiger partial charge in [0.05, 0.1) is 35.2 Å². The van der Waals surface area contributed by atoms with E-state index in [1.165, 1.54) is 39.0 Å². The van der Waals surface area contributed by atoms with Crippen molar-refractivity contribution in [1.29, 1.82) is 0 Å². The van der Waals surface area contributed by atoms with Crippen molar-refractivity contribution in [2.75, 3.05) is 4.90 Å². The van der Waals surface area contributed by atoms with Crippen molar-refractivity contribution in [3.05, 3.63) is 126 Å². The van der Waals surface area contributed by atoms with Gasteiger partial charge in [-0.2, -0.15) is 4.57 Å². The molecule has 0 bridgehead atoms. The molecule has 0 saturated heterocycles. The summed E-state index contributed by atoms with van der Waals surface area (Å²) in [6.07, 6.45) is 15.4. The van der Waals surface area contributed by atoms with E-state index in [2.05, 4.69) is 74.2 Å². The Bertz CT molecular complexity index is 1790. The predicted octanol–water partition coefficient (Wildman–Crippen LogP) is 7.54. The van der Waals surface area contributed by atoms with E-state index in [1.54, 1.807) is 12.1 Å². The van der Waals surface area contributed by atoms with Gasteiger partial charge in [-0.05, 0) is 84.5 Å². The van der Waals surface area contributed by atoms with E-state index >= 15 is 0 Å². The second-order valence-electron chi connectivity index (χ2n) is 10.5. The van der Waals surface area contributed by atoms with Gasteiger partial charge in [-0.25, -0.2) is 4.39 Å². The minimum absolute atomic E-state index is 0.183. The van der Waals surface area contributed by atoms with Crippen LogP contribution >= 0.6 is 0 Å². The first-order valence-corrected chi connectivity index (χ1v) is 13.6. The van der Waals surface area contributed by atoms with Crippen LogP contribution in [0.25, 0.3) is 28.0 Å². The lowest BCUT2D eigenvalue weighted by Crippen LogP contribution is -2.42. The van der Waals surface area contributed by atoms with Crippen LogP contribution in [0.4, 0.5) is 21.5 Å². The standard InChI is InChI=1S/C34H26FN4/c35-25-10-12-26(13-11-25)39-30-8-2-6-27-29-19-36-15-14-22(29)4-1-5-23(33(27)30)18-24-21-38-17-16-37-20-32(38)28-7-3-9-31(39)34(24)28/h2-3,6-20,24H,1,4-5,21H2/q+1. The molecule has 1 aliphatic carbocycles. The monoisotopic (exact) mass is 509 g/mol. The van der Waals surface area contributed by atoms with Gasteiger partial charge >= 0.3 is 0 Å². The molecule has 3 aliphatic rings. The summed E-state index contributed by atoms with van der Waals surface area (Å²) >= 11 is 0. The third kappa shape index (κ3) is 3.46. The number of hydrogen-bond donors (Lipinski definition) is 0. The smallest absolute Gasteiger partial charge is 0.231 e. The van der Waals surface area contributed by atoms with E-state index in [0.717, 1.165) is 48.6 Å². The summed E-state index contributed by atoms with van der Waals surface area (Å²) < 4.78 is 16.5. The van der Waals surface area contributed by atoms with Crippen molar-refractivity contribution < 1.29 is 8.96 Å². The van der Waals surface area contributed by atoms with Crippen LogP contribution in [0.1, 0.15) is 35.4 Å².